The van der Waals surface area contributed by atoms with Crippen molar-refractivity contribution >= 4 is 15.9 Å². The molecule has 0 heterocycles. The van der Waals surface area contributed by atoms with Gasteiger partial charge in [0.1, 0.15) is 11.9 Å². The Morgan fingerprint density at radius 3 is 2.53 bits per heavy atom. The third kappa shape index (κ3) is 3.52. The second kappa shape index (κ2) is 6.12. The van der Waals surface area contributed by atoms with Crippen molar-refractivity contribution in [2.45, 2.75) is 6.10 Å². The van der Waals surface area contributed by atoms with Gasteiger partial charge in [0.2, 0.25) is 0 Å². The molecular weight excluding hydrogens is 316 g/mol. The van der Waals surface area contributed by atoms with Gasteiger partial charge in [0.25, 0.3) is 0 Å². The van der Waals surface area contributed by atoms with Crippen molar-refractivity contribution in [2.75, 3.05) is 6.54 Å². The van der Waals surface area contributed by atoms with E-state index in [1.807, 2.05) is 24.3 Å². The summed E-state index contributed by atoms with van der Waals surface area (Å²) in [6.07, 6.45) is -0.414. The molecule has 0 saturated carbocycles. The molecule has 19 heavy (non-hydrogen) atoms. The zero-order chi connectivity index (χ0) is 13.8. The van der Waals surface area contributed by atoms with E-state index in [1.54, 1.807) is 0 Å². The molecule has 2 nitrogen and oxygen atoms in total. The van der Waals surface area contributed by atoms with E-state index in [0.717, 1.165) is 22.2 Å². The van der Waals surface area contributed by atoms with Crippen LogP contribution in [0.3, 0.4) is 0 Å². The average Bonchev–Trinajstić information content (AvgIpc) is 2.40. The van der Waals surface area contributed by atoms with Gasteiger partial charge in [-0.05, 0) is 29.8 Å². The number of ether oxygens (including phenoxy) is 1. The van der Waals surface area contributed by atoms with Crippen molar-refractivity contribution in [3.05, 3.63) is 64.1 Å². The third-order valence-corrected chi connectivity index (χ3v) is 3.10. The maximum atomic E-state index is 13.1. The van der Waals surface area contributed by atoms with Gasteiger partial charge in [0.15, 0.2) is 11.6 Å². The Labute approximate surface area is 118 Å². The van der Waals surface area contributed by atoms with Crippen LogP contribution in [0.4, 0.5) is 8.78 Å². The molecule has 0 saturated heterocycles. The summed E-state index contributed by atoms with van der Waals surface area (Å²) in [5.74, 6) is -1.60. The van der Waals surface area contributed by atoms with E-state index < -0.39 is 17.7 Å². The van der Waals surface area contributed by atoms with E-state index in [0.29, 0.717) is 0 Å². The predicted octanol–water partition coefficient (Wildman–Crippen LogP) is 3.81. The molecule has 0 fully saturated rings. The monoisotopic (exact) mass is 327 g/mol. The molecule has 2 N–H and O–H groups in total. The first kappa shape index (κ1) is 14.0. The first-order chi connectivity index (χ1) is 9.10. The summed E-state index contributed by atoms with van der Waals surface area (Å²) in [6, 6.07) is 10.9. The molecule has 0 aliphatic carbocycles. The minimum atomic E-state index is -0.942. The maximum Gasteiger partial charge on any atom is 0.162 e. The van der Waals surface area contributed by atoms with Gasteiger partial charge in [-0.2, -0.15) is 0 Å². The van der Waals surface area contributed by atoms with Crippen LogP contribution >= 0.6 is 15.9 Å². The van der Waals surface area contributed by atoms with Crippen LogP contribution in [0.15, 0.2) is 46.9 Å². The summed E-state index contributed by atoms with van der Waals surface area (Å²) in [4.78, 5) is 0. The van der Waals surface area contributed by atoms with Gasteiger partial charge in [0.05, 0.1) is 0 Å². The van der Waals surface area contributed by atoms with E-state index in [4.69, 9.17) is 10.5 Å². The van der Waals surface area contributed by atoms with Gasteiger partial charge in [-0.1, -0.05) is 28.1 Å². The Kier molecular flexibility index (Phi) is 4.50. The van der Waals surface area contributed by atoms with Gasteiger partial charge >= 0.3 is 0 Å². The summed E-state index contributed by atoms with van der Waals surface area (Å²) in [5.41, 5.74) is 6.53. The zero-order valence-electron chi connectivity index (χ0n) is 9.95. The van der Waals surface area contributed by atoms with Crippen LogP contribution in [0.25, 0.3) is 0 Å². The predicted molar refractivity (Wildman–Crippen MR) is 72.9 cm³/mol. The summed E-state index contributed by atoms with van der Waals surface area (Å²) in [5, 5.41) is 0. The molecule has 2 aromatic rings. The lowest BCUT2D eigenvalue weighted by molar-refractivity contribution is 0.213. The molecule has 2 rings (SSSR count). The lowest BCUT2D eigenvalue weighted by Gasteiger charge is -2.18. The molecule has 0 bridgehead atoms. The van der Waals surface area contributed by atoms with E-state index in [2.05, 4.69) is 15.9 Å². The lowest BCUT2D eigenvalue weighted by atomic mass is 10.1. The Balaban J connectivity index is 2.21. The topological polar surface area (TPSA) is 35.2 Å². The van der Waals surface area contributed by atoms with Crippen molar-refractivity contribution < 1.29 is 13.5 Å². The zero-order valence-corrected chi connectivity index (χ0v) is 11.5. The van der Waals surface area contributed by atoms with E-state index >= 15 is 0 Å². The summed E-state index contributed by atoms with van der Waals surface area (Å²) < 4.78 is 32.4. The smallest absolute Gasteiger partial charge is 0.162 e. The Hall–Kier alpha value is -1.46. The molecule has 5 heteroatoms. The summed E-state index contributed by atoms with van der Waals surface area (Å²) in [6.45, 7) is 0.232. The van der Waals surface area contributed by atoms with E-state index in [-0.39, 0.29) is 12.3 Å². The van der Waals surface area contributed by atoms with Crippen molar-refractivity contribution in [3.63, 3.8) is 0 Å². The van der Waals surface area contributed by atoms with Crippen LogP contribution in [0.2, 0.25) is 0 Å². The standard InChI is InChI=1S/C14H12BrF2NO/c15-10-3-1-2-9(6-10)14(8-18)19-11-4-5-12(16)13(17)7-11/h1-7,14H,8,18H2. The molecule has 0 amide bonds. The SMILES string of the molecule is NCC(Oc1ccc(F)c(F)c1)c1cccc(Br)c1. The molecule has 0 spiro atoms. The minimum absolute atomic E-state index is 0.232. The van der Waals surface area contributed by atoms with E-state index in [9.17, 15) is 8.78 Å². The van der Waals surface area contributed by atoms with Gasteiger partial charge in [-0.15, -0.1) is 0 Å². The Morgan fingerprint density at radius 2 is 1.89 bits per heavy atom. The van der Waals surface area contributed by atoms with Crippen LogP contribution in [0.5, 0.6) is 5.75 Å². The second-order valence-corrected chi connectivity index (χ2v) is 4.89. The fraction of sp³-hybridized carbons (Fsp3) is 0.143. The number of hydrogen-bond acceptors (Lipinski definition) is 2. The van der Waals surface area contributed by atoms with Crippen molar-refractivity contribution in [1.29, 1.82) is 0 Å². The summed E-state index contributed by atoms with van der Waals surface area (Å²) in [7, 11) is 0. The highest BCUT2D eigenvalue weighted by Crippen LogP contribution is 2.24. The van der Waals surface area contributed by atoms with Crippen molar-refractivity contribution in [3.8, 4) is 5.75 Å². The molecule has 1 atom stereocenters. The van der Waals surface area contributed by atoms with Crippen molar-refractivity contribution in [2.24, 2.45) is 5.73 Å². The molecule has 0 aliphatic rings. The number of benzene rings is 2. The summed E-state index contributed by atoms with van der Waals surface area (Å²) >= 11 is 3.36. The lowest BCUT2D eigenvalue weighted by Crippen LogP contribution is -2.18. The maximum absolute atomic E-state index is 13.1. The minimum Gasteiger partial charge on any atom is -0.484 e. The first-order valence-corrected chi connectivity index (χ1v) is 6.46. The highest BCUT2D eigenvalue weighted by molar-refractivity contribution is 9.10. The molecular formula is C14H12BrF2NO. The molecule has 0 radical (unpaired) electrons. The number of hydrogen-bond donors (Lipinski definition) is 1. The number of halogens is 3. The molecule has 0 aliphatic heterocycles. The highest BCUT2D eigenvalue weighted by atomic mass is 79.9. The van der Waals surface area contributed by atoms with Crippen LogP contribution in [-0.2, 0) is 0 Å². The number of rotatable bonds is 4. The fourth-order valence-corrected chi connectivity index (χ4v) is 2.09. The number of nitrogens with two attached hydrogens (primary N) is 1. The third-order valence-electron chi connectivity index (χ3n) is 2.60. The average molecular weight is 328 g/mol. The van der Waals surface area contributed by atoms with Gasteiger partial charge < -0.3 is 10.5 Å². The second-order valence-electron chi connectivity index (χ2n) is 3.97. The fourth-order valence-electron chi connectivity index (χ4n) is 1.67. The highest BCUT2D eigenvalue weighted by Gasteiger charge is 2.13. The van der Waals surface area contributed by atoms with E-state index in [1.165, 1.54) is 6.07 Å². The van der Waals surface area contributed by atoms with Crippen molar-refractivity contribution in [1.82, 2.24) is 0 Å². The Morgan fingerprint density at radius 1 is 1.11 bits per heavy atom. The van der Waals surface area contributed by atoms with Crippen LogP contribution in [0.1, 0.15) is 11.7 Å². The Bertz CT molecular complexity index is 577. The first-order valence-electron chi connectivity index (χ1n) is 5.67. The van der Waals surface area contributed by atoms with Gasteiger partial charge in [-0.25, -0.2) is 8.78 Å². The quantitative estimate of drug-likeness (QED) is 0.926. The molecule has 2 aromatic carbocycles. The molecule has 1 unspecified atom stereocenters. The largest absolute Gasteiger partial charge is 0.484 e. The van der Waals surface area contributed by atoms with Gasteiger partial charge in [0, 0.05) is 17.1 Å². The van der Waals surface area contributed by atoms with Crippen LogP contribution in [-0.4, -0.2) is 6.54 Å². The molecule has 0 aromatic heterocycles. The van der Waals surface area contributed by atoms with Gasteiger partial charge in [-0.3, -0.25) is 0 Å². The molecule has 100 valence electrons. The van der Waals surface area contributed by atoms with Crippen LogP contribution in [0, 0.1) is 11.6 Å². The normalized spacial score (nSPS) is 12.2. The van der Waals surface area contributed by atoms with Crippen LogP contribution < -0.4 is 10.5 Å².